The summed E-state index contributed by atoms with van der Waals surface area (Å²) in [6.07, 6.45) is 1.94. The number of halogens is 1. The number of amides is 1. The molecule has 4 nitrogen and oxygen atoms in total. The van der Waals surface area contributed by atoms with Crippen molar-refractivity contribution in [3.63, 3.8) is 0 Å². The van der Waals surface area contributed by atoms with Gasteiger partial charge in [-0.3, -0.25) is 4.79 Å². The van der Waals surface area contributed by atoms with Gasteiger partial charge < -0.3 is 9.32 Å². The summed E-state index contributed by atoms with van der Waals surface area (Å²) in [7, 11) is 0. The zero-order valence-electron chi connectivity index (χ0n) is 11.8. The van der Waals surface area contributed by atoms with Crippen LogP contribution in [0.4, 0.5) is 0 Å². The van der Waals surface area contributed by atoms with Gasteiger partial charge in [-0.1, -0.05) is 30.7 Å². The number of rotatable bonds is 1. The molecule has 1 aliphatic rings. The molecule has 0 saturated carbocycles. The van der Waals surface area contributed by atoms with Gasteiger partial charge in [-0.2, -0.15) is 0 Å². The normalized spacial score (nSPS) is 16.4. The zero-order chi connectivity index (χ0) is 15.0. The van der Waals surface area contributed by atoms with Crippen molar-refractivity contribution in [2.45, 2.75) is 19.8 Å². The lowest BCUT2D eigenvalue weighted by Gasteiger charge is -2.30. The van der Waals surface area contributed by atoms with Gasteiger partial charge in [0.15, 0.2) is 5.58 Å². The first-order chi connectivity index (χ1) is 10.1. The van der Waals surface area contributed by atoms with Crippen LogP contribution < -0.4 is 5.63 Å². The molecule has 1 aliphatic heterocycles. The van der Waals surface area contributed by atoms with E-state index < -0.39 is 5.63 Å². The van der Waals surface area contributed by atoms with Crippen molar-refractivity contribution in [3.05, 3.63) is 45.3 Å². The Balaban J connectivity index is 1.98. The summed E-state index contributed by atoms with van der Waals surface area (Å²) < 4.78 is 5.22. The third-order valence-corrected chi connectivity index (χ3v) is 4.31. The monoisotopic (exact) mass is 305 g/mol. The maximum absolute atomic E-state index is 12.5. The lowest BCUT2D eigenvalue weighted by molar-refractivity contribution is 0.0693. The Kier molecular flexibility index (Phi) is 3.72. The Hall–Kier alpha value is -1.81. The second-order valence-corrected chi connectivity index (χ2v) is 5.99. The summed E-state index contributed by atoms with van der Waals surface area (Å²) >= 11 is 6.00. The van der Waals surface area contributed by atoms with E-state index in [4.69, 9.17) is 16.0 Å². The predicted molar refractivity (Wildman–Crippen MR) is 81.8 cm³/mol. The highest BCUT2D eigenvalue weighted by molar-refractivity contribution is 6.34. The molecule has 1 aromatic heterocycles. The van der Waals surface area contributed by atoms with E-state index in [2.05, 4.69) is 6.92 Å². The lowest BCUT2D eigenvalue weighted by atomic mass is 9.99. The maximum atomic E-state index is 12.5. The molecule has 0 bridgehead atoms. The van der Waals surface area contributed by atoms with E-state index in [9.17, 15) is 9.59 Å². The number of para-hydroxylation sites is 1. The van der Waals surface area contributed by atoms with Crippen LogP contribution >= 0.6 is 11.6 Å². The summed E-state index contributed by atoms with van der Waals surface area (Å²) in [6, 6.07) is 6.77. The highest BCUT2D eigenvalue weighted by Crippen LogP contribution is 2.23. The summed E-state index contributed by atoms with van der Waals surface area (Å²) in [5.74, 6) is 0.374. The smallest absolute Gasteiger partial charge is 0.349 e. The minimum atomic E-state index is -0.626. The number of likely N-dealkylation sites (tertiary alicyclic amines) is 1. The van der Waals surface area contributed by atoms with E-state index >= 15 is 0 Å². The maximum Gasteiger partial charge on any atom is 0.349 e. The number of benzene rings is 1. The molecule has 0 spiro atoms. The van der Waals surface area contributed by atoms with Gasteiger partial charge in [-0.25, -0.2) is 4.79 Å². The first kappa shape index (κ1) is 14.1. The first-order valence-electron chi connectivity index (χ1n) is 7.08. The van der Waals surface area contributed by atoms with Gasteiger partial charge in [0.1, 0.15) is 5.56 Å². The molecule has 0 atom stereocenters. The molecule has 5 heteroatoms. The number of carbonyl (C=O) groups is 1. The number of hydrogen-bond acceptors (Lipinski definition) is 3. The molecule has 2 aromatic rings. The fourth-order valence-electron chi connectivity index (χ4n) is 2.64. The van der Waals surface area contributed by atoms with Crippen molar-refractivity contribution >= 4 is 28.5 Å². The van der Waals surface area contributed by atoms with Crippen LogP contribution in [0.1, 0.15) is 30.1 Å². The number of hydrogen-bond donors (Lipinski definition) is 0. The molecule has 1 amide bonds. The van der Waals surface area contributed by atoms with Crippen LogP contribution in [0.3, 0.4) is 0 Å². The predicted octanol–water partition coefficient (Wildman–Crippen LogP) is 3.32. The summed E-state index contributed by atoms with van der Waals surface area (Å²) in [5.41, 5.74) is -0.216. The van der Waals surface area contributed by atoms with Gasteiger partial charge in [0, 0.05) is 18.5 Å². The molecule has 0 N–H and O–H groups in total. The third-order valence-electron chi connectivity index (χ3n) is 4.01. The van der Waals surface area contributed by atoms with Crippen molar-refractivity contribution in [2.75, 3.05) is 13.1 Å². The van der Waals surface area contributed by atoms with Gasteiger partial charge in [-0.05, 0) is 30.9 Å². The Morgan fingerprint density at radius 2 is 2.05 bits per heavy atom. The van der Waals surface area contributed by atoms with Crippen molar-refractivity contribution in [1.82, 2.24) is 4.90 Å². The summed E-state index contributed by atoms with van der Waals surface area (Å²) in [4.78, 5) is 26.3. The fourth-order valence-corrected chi connectivity index (χ4v) is 2.86. The van der Waals surface area contributed by atoms with Crippen molar-refractivity contribution < 1.29 is 9.21 Å². The molecule has 1 fully saturated rings. The van der Waals surface area contributed by atoms with E-state index in [1.165, 1.54) is 0 Å². The average molecular weight is 306 g/mol. The van der Waals surface area contributed by atoms with Gasteiger partial charge in [-0.15, -0.1) is 0 Å². The van der Waals surface area contributed by atoms with E-state index in [0.29, 0.717) is 35.0 Å². The van der Waals surface area contributed by atoms with Crippen LogP contribution in [-0.4, -0.2) is 23.9 Å². The molecule has 1 saturated heterocycles. The van der Waals surface area contributed by atoms with Crippen LogP contribution in [0.5, 0.6) is 0 Å². The van der Waals surface area contributed by atoms with Crippen molar-refractivity contribution in [3.8, 4) is 0 Å². The summed E-state index contributed by atoms with van der Waals surface area (Å²) in [6.45, 7) is 3.55. The minimum absolute atomic E-state index is 0.0827. The Morgan fingerprint density at radius 3 is 2.76 bits per heavy atom. The van der Waals surface area contributed by atoms with Gasteiger partial charge in [0.25, 0.3) is 5.91 Å². The molecule has 110 valence electrons. The Labute approximate surface area is 127 Å². The average Bonchev–Trinajstić information content (AvgIpc) is 2.48. The minimum Gasteiger partial charge on any atom is -0.421 e. The van der Waals surface area contributed by atoms with E-state index in [-0.39, 0.29) is 11.5 Å². The Morgan fingerprint density at radius 1 is 1.33 bits per heavy atom. The van der Waals surface area contributed by atoms with Crippen LogP contribution in [0, 0.1) is 5.92 Å². The summed E-state index contributed by atoms with van der Waals surface area (Å²) in [5, 5.41) is 1.03. The van der Waals surface area contributed by atoms with Crippen LogP contribution in [0.25, 0.3) is 11.0 Å². The van der Waals surface area contributed by atoms with E-state index in [1.807, 2.05) is 0 Å². The SMILES string of the molecule is CC1CCN(C(=O)c2cc3cccc(Cl)c3oc2=O)CC1. The van der Waals surface area contributed by atoms with E-state index in [0.717, 1.165) is 12.8 Å². The number of nitrogens with zero attached hydrogens (tertiary/aromatic N) is 1. The zero-order valence-corrected chi connectivity index (χ0v) is 12.5. The van der Waals surface area contributed by atoms with Gasteiger partial charge in [0.2, 0.25) is 0 Å². The highest BCUT2D eigenvalue weighted by atomic mass is 35.5. The largest absolute Gasteiger partial charge is 0.421 e. The molecule has 21 heavy (non-hydrogen) atoms. The topological polar surface area (TPSA) is 50.5 Å². The lowest BCUT2D eigenvalue weighted by Crippen LogP contribution is -2.39. The van der Waals surface area contributed by atoms with Crippen LogP contribution in [-0.2, 0) is 0 Å². The standard InChI is InChI=1S/C16H16ClNO3/c1-10-5-7-18(8-6-10)15(19)12-9-11-3-2-4-13(17)14(11)21-16(12)20/h2-4,9-10H,5-8H2,1H3. The van der Waals surface area contributed by atoms with Gasteiger partial charge in [0.05, 0.1) is 5.02 Å². The van der Waals surface area contributed by atoms with E-state index in [1.54, 1.807) is 29.2 Å². The third kappa shape index (κ3) is 2.68. The number of fused-ring (bicyclic) bond motifs is 1. The van der Waals surface area contributed by atoms with Gasteiger partial charge >= 0.3 is 5.63 Å². The molecular formula is C16H16ClNO3. The van der Waals surface area contributed by atoms with Crippen molar-refractivity contribution in [2.24, 2.45) is 5.92 Å². The number of carbonyl (C=O) groups excluding carboxylic acids is 1. The molecule has 2 heterocycles. The second kappa shape index (κ2) is 5.53. The fraction of sp³-hybridized carbons (Fsp3) is 0.375. The van der Waals surface area contributed by atoms with Crippen molar-refractivity contribution in [1.29, 1.82) is 0 Å². The first-order valence-corrected chi connectivity index (χ1v) is 7.45. The molecule has 1 aromatic carbocycles. The Bertz CT molecular complexity index is 745. The molecular weight excluding hydrogens is 290 g/mol. The number of piperidine rings is 1. The van der Waals surface area contributed by atoms with Crippen LogP contribution in [0.15, 0.2) is 33.5 Å². The quantitative estimate of drug-likeness (QED) is 0.759. The van der Waals surface area contributed by atoms with Crippen LogP contribution in [0.2, 0.25) is 5.02 Å². The molecule has 0 unspecified atom stereocenters. The molecule has 0 aliphatic carbocycles. The highest BCUT2D eigenvalue weighted by Gasteiger charge is 2.24. The molecule has 0 radical (unpaired) electrons. The molecule has 3 rings (SSSR count). The second-order valence-electron chi connectivity index (χ2n) is 5.58.